The number of aromatic nitrogens is 2. The Hall–Kier alpha value is -1.77. The highest BCUT2D eigenvalue weighted by Gasteiger charge is 2.18. The van der Waals surface area contributed by atoms with Gasteiger partial charge in [0.05, 0.1) is 5.69 Å². The summed E-state index contributed by atoms with van der Waals surface area (Å²) in [4.78, 5) is 0. The minimum Gasteiger partial charge on any atom is -0.508 e. The number of hydrogen-bond donors (Lipinski definition) is 2. The summed E-state index contributed by atoms with van der Waals surface area (Å²) in [5.41, 5.74) is 3.87. The Labute approximate surface area is 102 Å². The maximum Gasteiger partial charge on any atom is 0.119 e. The SMILES string of the molecule is Cc1n[nH]cc1-c1ccc(C(C)(C)C)c(O)c1. The van der Waals surface area contributed by atoms with E-state index in [9.17, 15) is 5.11 Å². The molecule has 90 valence electrons. The smallest absolute Gasteiger partial charge is 0.119 e. The van der Waals surface area contributed by atoms with Crippen molar-refractivity contribution in [2.24, 2.45) is 0 Å². The third-order valence-electron chi connectivity index (χ3n) is 2.95. The summed E-state index contributed by atoms with van der Waals surface area (Å²) in [6, 6.07) is 5.81. The molecule has 1 heterocycles. The lowest BCUT2D eigenvalue weighted by Crippen LogP contribution is -2.11. The molecule has 3 nitrogen and oxygen atoms in total. The first kappa shape index (κ1) is 11.7. The highest BCUT2D eigenvalue weighted by molar-refractivity contribution is 5.67. The van der Waals surface area contributed by atoms with Crippen LogP contribution in [-0.2, 0) is 5.41 Å². The molecule has 1 aromatic carbocycles. The van der Waals surface area contributed by atoms with Gasteiger partial charge < -0.3 is 5.11 Å². The van der Waals surface area contributed by atoms with Crippen LogP contribution in [0.2, 0.25) is 0 Å². The summed E-state index contributed by atoms with van der Waals surface area (Å²) in [5, 5.41) is 17.0. The number of nitrogens with one attached hydrogen (secondary N) is 1. The van der Waals surface area contributed by atoms with Gasteiger partial charge in [-0.2, -0.15) is 5.10 Å². The number of nitrogens with zero attached hydrogens (tertiary/aromatic N) is 1. The molecule has 0 unspecified atom stereocenters. The van der Waals surface area contributed by atoms with Gasteiger partial charge in [-0.25, -0.2) is 0 Å². The number of aromatic hydroxyl groups is 1. The molecule has 2 rings (SSSR count). The molecule has 0 aliphatic carbocycles. The van der Waals surface area contributed by atoms with Gasteiger partial charge in [-0.3, -0.25) is 5.10 Å². The van der Waals surface area contributed by atoms with E-state index in [1.807, 2.05) is 25.3 Å². The van der Waals surface area contributed by atoms with Crippen molar-refractivity contribution >= 4 is 0 Å². The first-order chi connectivity index (χ1) is 7.89. The van der Waals surface area contributed by atoms with Crippen LogP contribution in [0, 0.1) is 6.92 Å². The normalized spacial score (nSPS) is 11.8. The Morgan fingerprint density at radius 1 is 1.24 bits per heavy atom. The molecule has 0 spiro atoms. The number of H-pyrrole nitrogens is 1. The molecule has 1 aromatic heterocycles. The number of aromatic amines is 1. The second kappa shape index (κ2) is 3.91. The summed E-state index contributed by atoms with van der Waals surface area (Å²) >= 11 is 0. The number of rotatable bonds is 1. The summed E-state index contributed by atoms with van der Waals surface area (Å²) in [6.45, 7) is 8.21. The molecule has 0 atom stereocenters. The first-order valence-corrected chi connectivity index (χ1v) is 5.74. The molecular weight excluding hydrogens is 212 g/mol. The van der Waals surface area contributed by atoms with Gasteiger partial charge in [-0.15, -0.1) is 0 Å². The molecule has 0 amide bonds. The predicted molar refractivity (Wildman–Crippen MR) is 69.1 cm³/mol. The fraction of sp³-hybridized carbons (Fsp3) is 0.357. The zero-order valence-corrected chi connectivity index (χ0v) is 10.7. The predicted octanol–water partition coefficient (Wildman–Crippen LogP) is 3.39. The number of phenols is 1. The van der Waals surface area contributed by atoms with Crippen LogP contribution in [0.3, 0.4) is 0 Å². The maximum atomic E-state index is 10.1. The fourth-order valence-corrected chi connectivity index (χ4v) is 1.98. The van der Waals surface area contributed by atoms with Crippen molar-refractivity contribution in [3.05, 3.63) is 35.7 Å². The lowest BCUT2D eigenvalue weighted by Gasteiger charge is -2.20. The second-order valence-electron chi connectivity index (χ2n) is 5.37. The molecule has 0 bridgehead atoms. The highest BCUT2D eigenvalue weighted by Crippen LogP contribution is 2.34. The zero-order chi connectivity index (χ0) is 12.6. The van der Waals surface area contributed by atoms with E-state index in [1.165, 1.54) is 0 Å². The van der Waals surface area contributed by atoms with Crippen molar-refractivity contribution in [1.82, 2.24) is 10.2 Å². The molecule has 0 aliphatic rings. The van der Waals surface area contributed by atoms with Gasteiger partial charge in [0, 0.05) is 11.8 Å². The number of benzene rings is 1. The molecule has 3 heteroatoms. The molecule has 0 saturated carbocycles. The number of hydrogen-bond acceptors (Lipinski definition) is 2. The summed E-state index contributed by atoms with van der Waals surface area (Å²) < 4.78 is 0. The van der Waals surface area contributed by atoms with Crippen LogP contribution in [0.4, 0.5) is 0 Å². The van der Waals surface area contributed by atoms with Crippen molar-refractivity contribution < 1.29 is 5.11 Å². The second-order valence-corrected chi connectivity index (χ2v) is 5.37. The largest absolute Gasteiger partial charge is 0.508 e. The topological polar surface area (TPSA) is 48.9 Å². The van der Waals surface area contributed by atoms with Gasteiger partial charge in [0.25, 0.3) is 0 Å². The van der Waals surface area contributed by atoms with Crippen molar-refractivity contribution in [2.75, 3.05) is 0 Å². The van der Waals surface area contributed by atoms with Crippen molar-refractivity contribution in [2.45, 2.75) is 33.1 Å². The van der Waals surface area contributed by atoms with Gasteiger partial charge in [0.1, 0.15) is 5.75 Å². The molecule has 0 fully saturated rings. The Balaban J connectivity index is 2.49. The van der Waals surface area contributed by atoms with Crippen molar-refractivity contribution in [1.29, 1.82) is 0 Å². The average molecular weight is 230 g/mol. The number of aryl methyl sites for hydroxylation is 1. The molecule has 0 radical (unpaired) electrons. The van der Waals surface area contributed by atoms with Gasteiger partial charge in [-0.05, 0) is 29.5 Å². The Kier molecular flexibility index (Phi) is 2.69. The van der Waals surface area contributed by atoms with Crippen LogP contribution >= 0.6 is 0 Å². The lowest BCUT2D eigenvalue weighted by molar-refractivity contribution is 0.447. The summed E-state index contributed by atoms with van der Waals surface area (Å²) in [6.07, 6.45) is 1.85. The van der Waals surface area contributed by atoms with E-state index in [1.54, 1.807) is 6.07 Å². The molecular formula is C14H18N2O. The van der Waals surface area contributed by atoms with Gasteiger partial charge >= 0.3 is 0 Å². The van der Waals surface area contributed by atoms with E-state index in [4.69, 9.17) is 0 Å². The van der Waals surface area contributed by atoms with E-state index in [0.29, 0.717) is 5.75 Å². The quantitative estimate of drug-likeness (QED) is 0.789. The van der Waals surface area contributed by atoms with Crippen LogP contribution in [0.5, 0.6) is 5.75 Å². The van der Waals surface area contributed by atoms with Crippen LogP contribution in [0.1, 0.15) is 32.0 Å². The van der Waals surface area contributed by atoms with E-state index in [0.717, 1.165) is 22.4 Å². The van der Waals surface area contributed by atoms with Crippen LogP contribution < -0.4 is 0 Å². The molecule has 17 heavy (non-hydrogen) atoms. The van der Waals surface area contributed by atoms with Crippen LogP contribution in [0.25, 0.3) is 11.1 Å². The fourth-order valence-electron chi connectivity index (χ4n) is 1.98. The summed E-state index contributed by atoms with van der Waals surface area (Å²) in [7, 11) is 0. The highest BCUT2D eigenvalue weighted by atomic mass is 16.3. The standard InChI is InChI=1S/C14H18N2O/c1-9-11(8-15-16-9)10-5-6-12(13(17)7-10)14(2,3)4/h5-8,17H,1-4H3,(H,15,16). The van der Waals surface area contributed by atoms with E-state index in [-0.39, 0.29) is 5.41 Å². The third-order valence-corrected chi connectivity index (χ3v) is 2.95. The Morgan fingerprint density at radius 2 is 1.94 bits per heavy atom. The Bertz CT molecular complexity index is 535. The lowest BCUT2D eigenvalue weighted by atomic mass is 9.85. The Morgan fingerprint density at radius 3 is 2.41 bits per heavy atom. The van der Waals surface area contributed by atoms with Crippen LogP contribution in [0.15, 0.2) is 24.4 Å². The average Bonchev–Trinajstić information content (AvgIpc) is 2.62. The van der Waals surface area contributed by atoms with E-state index >= 15 is 0 Å². The molecule has 0 saturated heterocycles. The van der Waals surface area contributed by atoms with E-state index in [2.05, 4.69) is 31.0 Å². The summed E-state index contributed by atoms with van der Waals surface area (Å²) in [5.74, 6) is 0.343. The van der Waals surface area contributed by atoms with Crippen molar-refractivity contribution in [3.63, 3.8) is 0 Å². The minimum atomic E-state index is -0.0476. The minimum absolute atomic E-state index is 0.0476. The van der Waals surface area contributed by atoms with Crippen molar-refractivity contribution in [3.8, 4) is 16.9 Å². The number of phenolic OH excluding ortho intramolecular Hbond substituents is 1. The zero-order valence-electron chi connectivity index (χ0n) is 10.7. The first-order valence-electron chi connectivity index (χ1n) is 5.74. The van der Waals surface area contributed by atoms with E-state index < -0.39 is 0 Å². The maximum absolute atomic E-state index is 10.1. The van der Waals surface area contributed by atoms with Crippen LogP contribution in [-0.4, -0.2) is 15.3 Å². The molecule has 2 N–H and O–H groups in total. The van der Waals surface area contributed by atoms with Gasteiger partial charge in [0.2, 0.25) is 0 Å². The molecule has 2 aromatic rings. The monoisotopic (exact) mass is 230 g/mol. The molecule has 0 aliphatic heterocycles. The van der Waals surface area contributed by atoms with Gasteiger partial charge in [-0.1, -0.05) is 32.9 Å². The third kappa shape index (κ3) is 2.18. The van der Waals surface area contributed by atoms with Gasteiger partial charge in [0.15, 0.2) is 0 Å².